The first-order valence-corrected chi connectivity index (χ1v) is 6.07. The first-order chi connectivity index (χ1) is 10.7. The fourth-order valence-corrected chi connectivity index (χ4v) is 1.78. The van der Waals surface area contributed by atoms with E-state index in [2.05, 4.69) is 4.98 Å². The summed E-state index contributed by atoms with van der Waals surface area (Å²) in [5.41, 5.74) is -2.42. The molecule has 2 N–H and O–H groups in total. The molecule has 23 heavy (non-hydrogen) atoms. The van der Waals surface area contributed by atoms with Crippen LogP contribution in [0.1, 0.15) is 26.4 Å². The highest BCUT2D eigenvalue weighted by Gasteiger charge is 2.32. The average Bonchev–Trinajstić information content (AvgIpc) is 2.50. The maximum absolute atomic E-state index is 13.8. The van der Waals surface area contributed by atoms with Crippen molar-refractivity contribution in [3.63, 3.8) is 0 Å². The topological polar surface area (TPSA) is 79.3 Å². The minimum absolute atomic E-state index is 0.0291. The molecule has 0 radical (unpaired) electrons. The molecule has 1 heterocycles. The molecular weight excluding hydrogens is 320 g/mol. The van der Waals surface area contributed by atoms with Crippen molar-refractivity contribution in [2.75, 3.05) is 5.32 Å². The molecular formula is C14H8F4N2O3. The molecule has 0 aliphatic carbocycles. The zero-order valence-corrected chi connectivity index (χ0v) is 11.5. The second kappa shape index (κ2) is 6.03. The third-order valence-electron chi connectivity index (χ3n) is 2.88. The predicted molar refractivity (Wildman–Crippen MR) is 70.2 cm³/mol. The Hall–Kier alpha value is -2.97. The van der Waals surface area contributed by atoms with E-state index in [0.29, 0.717) is 5.69 Å². The van der Waals surface area contributed by atoms with Crippen molar-refractivity contribution in [1.29, 1.82) is 0 Å². The number of aromatic carboxylic acids is 1. The summed E-state index contributed by atoms with van der Waals surface area (Å²) < 4.78 is 53.7. The van der Waals surface area contributed by atoms with E-state index in [1.54, 1.807) is 6.92 Å². The lowest BCUT2D eigenvalue weighted by atomic mass is 10.0. The molecule has 120 valence electrons. The van der Waals surface area contributed by atoms with E-state index >= 15 is 0 Å². The molecule has 5 nitrogen and oxygen atoms in total. The Morgan fingerprint density at radius 3 is 2.04 bits per heavy atom. The summed E-state index contributed by atoms with van der Waals surface area (Å²) >= 11 is 0. The van der Waals surface area contributed by atoms with E-state index < -0.39 is 46.3 Å². The van der Waals surface area contributed by atoms with E-state index in [9.17, 15) is 27.2 Å². The smallest absolute Gasteiger partial charge is 0.339 e. The van der Waals surface area contributed by atoms with Gasteiger partial charge < -0.3 is 10.4 Å². The highest BCUT2D eigenvalue weighted by atomic mass is 19.2. The van der Waals surface area contributed by atoms with Gasteiger partial charge in [0.15, 0.2) is 23.3 Å². The fraction of sp³-hybridized carbons (Fsp3) is 0.0714. The zero-order valence-electron chi connectivity index (χ0n) is 11.5. The number of anilines is 1. The van der Waals surface area contributed by atoms with Gasteiger partial charge in [-0.1, -0.05) is 0 Å². The zero-order chi connectivity index (χ0) is 17.3. The number of carbonyl (C=O) groups is 2. The molecule has 1 aromatic carbocycles. The molecule has 0 spiro atoms. The van der Waals surface area contributed by atoms with Crippen LogP contribution in [0.15, 0.2) is 18.3 Å². The molecule has 0 unspecified atom stereocenters. The number of carboxylic acid groups (broad SMARTS) is 1. The number of carboxylic acids is 1. The standard InChI is InChI=1S/C14H8F4N2O3/c1-5-2-3-6(4-19-5)20-13(21)7-8(14(22)23)10(16)12(18)11(17)9(7)15/h2-4H,1H3,(H,20,21)(H,22,23). The second-order valence-corrected chi connectivity index (χ2v) is 4.45. The van der Waals surface area contributed by atoms with Gasteiger partial charge in [-0.05, 0) is 19.1 Å². The van der Waals surface area contributed by atoms with Crippen LogP contribution in [0, 0.1) is 30.2 Å². The van der Waals surface area contributed by atoms with E-state index in [1.165, 1.54) is 18.3 Å². The Labute approximate surface area is 126 Å². The molecule has 0 bridgehead atoms. The lowest BCUT2D eigenvalue weighted by molar-refractivity contribution is 0.0684. The predicted octanol–water partition coefficient (Wildman–Crippen LogP) is 2.90. The molecule has 0 saturated carbocycles. The van der Waals surface area contributed by atoms with Crippen LogP contribution in [0.2, 0.25) is 0 Å². The number of aryl methyl sites for hydroxylation is 1. The summed E-state index contributed by atoms with van der Waals surface area (Å²) in [6, 6.07) is 2.84. The number of nitrogens with one attached hydrogen (secondary N) is 1. The molecule has 2 rings (SSSR count). The van der Waals surface area contributed by atoms with Gasteiger partial charge in [0.1, 0.15) is 5.56 Å². The van der Waals surface area contributed by atoms with E-state index in [-0.39, 0.29) is 5.69 Å². The molecule has 0 fully saturated rings. The van der Waals surface area contributed by atoms with Crippen molar-refractivity contribution >= 4 is 17.6 Å². The number of nitrogens with zero attached hydrogens (tertiary/aromatic N) is 1. The van der Waals surface area contributed by atoms with E-state index in [0.717, 1.165) is 0 Å². The fourth-order valence-electron chi connectivity index (χ4n) is 1.78. The van der Waals surface area contributed by atoms with Gasteiger partial charge in [0.25, 0.3) is 5.91 Å². The number of halogens is 4. The quantitative estimate of drug-likeness (QED) is 0.516. The van der Waals surface area contributed by atoms with Crippen molar-refractivity contribution in [3.8, 4) is 0 Å². The van der Waals surface area contributed by atoms with E-state index in [1.807, 2.05) is 5.32 Å². The van der Waals surface area contributed by atoms with Crippen LogP contribution in [0.3, 0.4) is 0 Å². The molecule has 0 aliphatic heterocycles. The van der Waals surface area contributed by atoms with Crippen LogP contribution in [-0.4, -0.2) is 22.0 Å². The summed E-state index contributed by atoms with van der Waals surface area (Å²) in [7, 11) is 0. The van der Waals surface area contributed by atoms with Crippen LogP contribution < -0.4 is 5.32 Å². The van der Waals surface area contributed by atoms with Crippen LogP contribution >= 0.6 is 0 Å². The van der Waals surface area contributed by atoms with Gasteiger partial charge in [-0.25, -0.2) is 22.4 Å². The summed E-state index contributed by atoms with van der Waals surface area (Å²) in [5.74, 6) is -12.4. The highest BCUT2D eigenvalue weighted by Crippen LogP contribution is 2.25. The minimum atomic E-state index is -2.31. The lowest BCUT2D eigenvalue weighted by Gasteiger charge is -2.11. The van der Waals surface area contributed by atoms with Gasteiger partial charge in [0.05, 0.1) is 17.4 Å². The van der Waals surface area contributed by atoms with Gasteiger partial charge in [-0.2, -0.15) is 0 Å². The Bertz CT molecular complexity index is 807. The third kappa shape index (κ3) is 2.98. The van der Waals surface area contributed by atoms with Crippen LogP contribution in [-0.2, 0) is 0 Å². The van der Waals surface area contributed by atoms with E-state index in [4.69, 9.17) is 5.11 Å². The number of amides is 1. The Morgan fingerprint density at radius 1 is 1.00 bits per heavy atom. The van der Waals surface area contributed by atoms with Crippen molar-refractivity contribution < 1.29 is 32.3 Å². The van der Waals surface area contributed by atoms with Gasteiger partial charge in [0.2, 0.25) is 0 Å². The molecule has 0 aliphatic rings. The largest absolute Gasteiger partial charge is 0.478 e. The highest BCUT2D eigenvalue weighted by molar-refractivity contribution is 6.11. The Kier molecular flexibility index (Phi) is 4.30. The van der Waals surface area contributed by atoms with Crippen molar-refractivity contribution in [2.45, 2.75) is 6.92 Å². The van der Waals surface area contributed by atoms with Gasteiger partial charge >= 0.3 is 5.97 Å². The second-order valence-electron chi connectivity index (χ2n) is 4.45. The van der Waals surface area contributed by atoms with Crippen LogP contribution in [0.4, 0.5) is 23.2 Å². The summed E-state index contributed by atoms with van der Waals surface area (Å²) in [6.07, 6.45) is 1.17. The number of rotatable bonds is 3. The summed E-state index contributed by atoms with van der Waals surface area (Å²) in [4.78, 5) is 26.8. The lowest BCUT2D eigenvalue weighted by Crippen LogP contribution is -2.22. The first-order valence-electron chi connectivity index (χ1n) is 6.07. The number of carbonyl (C=O) groups excluding carboxylic acids is 1. The molecule has 9 heteroatoms. The molecule has 0 saturated heterocycles. The maximum Gasteiger partial charge on any atom is 0.339 e. The maximum atomic E-state index is 13.8. The number of aromatic nitrogens is 1. The number of pyridine rings is 1. The van der Waals surface area contributed by atoms with Gasteiger partial charge in [0, 0.05) is 5.69 Å². The van der Waals surface area contributed by atoms with Crippen molar-refractivity contribution in [1.82, 2.24) is 4.98 Å². The van der Waals surface area contributed by atoms with Crippen molar-refractivity contribution in [3.05, 3.63) is 58.4 Å². The molecule has 1 aromatic heterocycles. The molecule has 0 atom stereocenters. The minimum Gasteiger partial charge on any atom is -0.478 e. The van der Waals surface area contributed by atoms with Gasteiger partial charge in [-0.3, -0.25) is 9.78 Å². The third-order valence-corrected chi connectivity index (χ3v) is 2.88. The molecule has 2 aromatic rings. The van der Waals surface area contributed by atoms with Gasteiger partial charge in [-0.15, -0.1) is 0 Å². The SMILES string of the molecule is Cc1ccc(NC(=O)c2c(F)c(F)c(F)c(F)c2C(=O)O)cn1. The normalized spacial score (nSPS) is 10.5. The summed E-state index contributed by atoms with van der Waals surface area (Å²) in [6.45, 7) is 1.65. The number of benzene rings is 1. The number of hydrogen-bond acceptors (Lipinski definition) is 3. The first kappa shape index (κ1) is 16.4. The average molecular weight is 328 g/mol. The Balaban J connectivity index is 2.55. The number of hydrogen-bond donors (Lipinski definition) is 2. The van der Waals surface area contributed by atoms with Crippen molar-refractivity contribution in [2.24, 2.45) is 0 Å². The van der Waals surface area contributed by atoms with Crippen LogP contribution in [0.25, 0.3) is 0 Å². The van der Waals surface area contributed by atoms with Crippen LogP contribution in [0.5, 0.6) is 0 Å². The monoisotopic (exact) mass is 328 g/mol. The summed E-state index contributed by atoms with van der Waals surface area (Å²) in [5, 5.41) is 10.9. The Morgan fingerprint density at radius 2 is 1.57 bits per heavy atom. The molecule has 1 amide bonds.